The number of carbonyl (C=O) groups is 4. The second-order valence-corrected chi connectivity index (χ2v) is 19.5. The van der Waals surface area contributed by atoms with Crippen LogP contribution in [-0.4, -0.2) is 89.2 Å². The lowest BCUT2D eigenvalue weighted by molar-refractivity contribution is -0.301. The van der Waals surface area contributed by atoms with Gasteiger partial charge in [-0.2, -0.15) is 0 Å². The molecule has 0 aromatic carbocycles. The first kappa shape index (κ1) is 70.1. The van der Waals surface area contributed by atoms with Gasteiger partial charge in [0.15, 0.2) is 24.6 Å². The van der Waals surface area contributed by atoms with Gasteiger partial charge in [0.1, 0.15) is 18.8 Å². The predicted molar refractivity (Wildman–Crippen MR) is 312 cm³/mol. The predicted octanol–water partition coefficient (Wildman–Crippen LogP) is 15.2. The molecule has 6 atom stereocenters. The number of hydrogen-bond donors (Lipinski definition) is 3. The second kappa shape index (κ2) is 51.9. The molecule has 1 aliphatic heterocycles. The quantitative estimate of drug-likeness (QED) is 0.0228. The van der Waals surface area contributed by atoms with E-state index in [1.165, 1.54) is 25.7 Å². The lowest BCUT2D eigenvalue weighted by Crippen LogP contribution is -2.61. The Morgan fingerprint density at radius 3 is 1.30 bits per heavy atom. The summed E-state index contributed by atoms with van der Waals surface area (Å²) in [6.45, 7) is 5.66. The highest BCUT2D eigenvalue weighted by molar-refractivity contribution is 5.74. The van der Waals surface area contributed by atoms with Crippen molar-refractivity contribution < 1.29 is 58.2 Å². The lowest BCUT2D eigenvalue weighted by atomic mass is 9.98. The Hall–Kier alpha value is -4.88. The number of allylic oxidation sites excluding steroid dienone is 20. The number of aliphatic hydroxyl groups is 2. The van der Waals surface area contributed by atoms with Gasteiger partial charge in [-0.1, -0.05) is 200 Å². The van der Waals surface area contributed by atoms with Crippen LogP contribution < -0.4 is 0 Å². The van der Waals surface area contributed by atoms with Gasteiger partial charge in [0.2, 0.25) is 0 Å². The largest absolute Gasteiger partial charge is 0.479 e. The van der Waals surface area contributed by atoms with Crippen molar-refractivity contribution in [2.24, 2.45) is 0 Å². The molecule has 434 valence electrons. The molecular formula is C65H102O12. The first-order chi connectivity index (χ1) is 37.6. The second-order valence-electron chi connectivity index (χ2n) is 19.5. The highest BCUT2D eigenvalue weighted by Gasteiger charge is 2.50. The van der Waals surface area contributed by atoms with Crippen LogP contribution in [0.15, 0.2) is 122 Å². The summed E-state index contributed by atoms with van der Waals surface area (Å²) in [6.07, 6.45) is 59.0. The summed E-state index contributed by atoms with van der Waals surface area (Å²) in [7, 11) is 0. The Labute approximate surface area is 465 Å². The molecule has 0 spiro atoms. The molecule has 1 rings (SSSR count). The van der Waals surface area contributed by atoms with E-state index >= 15 is 0 Å². The first-order valence-corrected chi connectivity index (χ1v) is 29.5. The fourth-order valence-corrected chi connectivity index (χ4v) is 8.05. The molecular weight excluding hydrogens is 973 g/mol. The Morgan fingerprint density at radius 2 is 0.844 bits per heavy atom. The van der Waals surface area contributed by atoms with Crippen LogP contribution in [0.5, 0.6) is 0 Å². The third kappa shape index (κ3) is 41.8. The number of carboxylic acid groups (broad SMARTS) is 1. The summed E-state index contributed by atoms with van der Waals surface area (Å²) in [5.74, 6) is -3.28. The van der Waals surface area contributed by atoms with Crippen molar-refractivity contribution in [1.29, 1.82) is 0 Å². The van der Waals surface area contributed by atoms with Gasteiger partial charge in [-0.15, -0.1) is 0 Å². The van der Waals surface area contributed by atoms with Crippen molar-refractivity contribution in [1.82, 2.24) is 0 Å². The van der Waals surface area contributed by atoms with E-state index in [0.717, 1.165) is 122 Å². The minimum absolute atomic E-state index is 0.0703. The van der Waals surface area contributed by atoms with Crippen molar-refractivity contribution in [3.63, 3.8) is 0 Å². The summed E-state index contributed by atoms with van der Waals surface area (Å²) in [5, 5.41) is 31.4. The van der Waals surface area contributed by atoms with Crippen LogP contribution in [0.4, 0.5) is 0 Å². The van der Waals surface area contributed by atoms with E-state index in [0.29, 0.717) is 25.7 Å². The summed E-state index contributed by atoms with van der Waals surface area (Å²) in [4.78, 5) is 51.1. The first-order valence-electron chi connectivity index (χ1n) is 29.5. The smallest absolute Gasteiger partial charge is 0.335 e. The maximum atomic E-state index is 13.1. The summed E-state index contributed by atoms with van der Waals surface area (Å²) in [6, 6.07) is 0. The van der Waals surface area contributed by atoms with Crippen LogP contribution in [-0.2, 0) is 42.9 Å². The number of unbranched alkanes of at least 4 members (excludes halogenated alkanes) is 14. The van der Waals surface area contributed by atoms with Gasteiger partial charge in [-0.3, -0.25) is 14.4 Å². The van der Waals surface area contributed by atoms with E-state index in [-0.39, 0.29) is 25.9 Å². The maximum absolute atomic E-state index is 13.1. The number of rotatable bonds is 48. The molecule has 0 radical (unpaired) electrons. The molecule has 0 aliphatic carbocycles. The molecule has 77 heavy (non-hydrogen) atoms. The zero-order valence-corrected chi connectivity index (χ0v) is 47.7. The zero-order valence-electron chi connectivity index (χ0n) is 47.7. The maximum Gasteiger partial charge on any atom is 0.335 e. The third-order valence-corrected chi connectivity index (χ3v) is 12.5. The summed E-state index contributed by atoms with van der Waals surface area (Å²) < 4.78 is 28.3. The highest BCUT2D eigenvalue weighted by atomic mass is 16.7. The van der Waals surface area contributed by atoms with E-state index in [4.69, 9.17) is 23.7 Å². The van der Waals surface area contributed by atoms with Crippen molar-refractivity contribution in [2.45, 2.75) is 250 Å². The third-order valence-electron chi connectivity index (χ3n) is 12.5. The molecule has 6 unspecified atom stereocenters. The molecule has 0 amide bonds. The fraction of sp³-hybridized carbons (Fsp3) is 0.631. The molecule has 12 heteroatoms. The molecule has 0 aromatic heterocycles. The topological polar surface area (TPSA) is 175 Å². The van der Waals surface area contributed by atoms with Crippen LogP contribution in [0.25, 0.3) is 0 Å². The van der Waals surface area contributed by atoms with E-state index in [2.05, 4.69) is 124 Å². The molecule has 0 aromatic rings. The molecule has 0 bridgehead atoms. The Morgan fingerprint density at radius 1 is 0.442 bits per heavy atom. The van der Waals surface area contributed by atoms with E-state index in [1.54, 1.807) is 0 Å². The Bertz CT molecular complexity index is 1800. The van der Waals surface area contributed by atoms with E-state index in [1.807, 2.05) is 18.2 Å². The number of aliphatic hydroxyl groups excluding tert-OH is 2. The molecule has 12 nitrogen and oxygen atoms in total. The van der Waals surface area contributed by atoms with E-state index in [9.17, 15) is 34.5 Å². The fourth-order valence-electron chi connectivity index (χ4n) is 8.05. The van der Waals surface area contributed by atoms with Crippen molar-refractivity contribution in [3.05, 3.63) is 122 Å². The molecule has 1 saturated heterocycles. The van der Waals surface area contributed by atoms with Gasteiger partial charge < -0.3 is 39.0 Å². The highest BCUT2D eigenvalue weighted by Crippen LogP contribution is 2.26. The summed E-state index contributed by atoms with van der Waals surface area (Å²) in [5.41, 5.74) is 0. The molecule has 3 N–H and O–H groups in total. The zero-order chi connectivity index (χ0) is 56.1. The van der Waals surface area contributed by atoms with Crippen molar-refractivity contribution >= 4 is 23.9 Å². The van der Waals surface area contributed by atoms with Gasteiger partial charge in [0.25, 0.3) is 0 Å². The van der Waals surface area contributed by atoms with Crippen molar-refractivity contribution in [3.8, 4) is 0 Å². The van der Waals surface area contributed by atoms with Gasteiger partial charge in [0, 0.05) is 19.3 Å². The average molecular weight is 1080 g/mol. The average Bonchev–Trinajstić information content (AvgIpc) is 3.42. The minimum atomic E-state index is -1.94. The lowest BCUT2D eigenvalue weighted by Gasteiger charge is -2.40. The Kier molecular flexibility index (Phi) is 47.2. The molecule has 0 saturated carbocycles. The number of ether oxygens (including phenoxy) is 5. The van der Waals surface area contributed by atoms with Gasteiger partial charge in [-0.05, 0) is 116 Å². The number of esters is 3. The standard InChI is InChI=1S/C65H102O12/c1-4-7-10-13-16-19-22-25-27-28-29-30-32-34-36-39-42-45-48-51-57(66)73-54-56(75-58(67)52-49-46-43-40-38-35-31-26-23-20-17-14-11-8-5-2)55-74-65-63(61(70)60(69)62(77-65)64(71)72)76-59(68)53-50-47-44-41-37-33-24-21-18-15-12-9-6-3/h8-9,11-12,16-21,25-27,29-31,33,37,44,47,56,60-63,65,69-70H,4-7,10,13-15,22-24,28,32,34-36,38-43,45-46,48-55H2,1-3H3,(H,71,72)/b11-8-,12-9-,19-16-,20-17-,21-18-,27-25-,30-29-,31-26-,37-33-,47-44-. The van der Waals surface area contributed by atoms with Crippen LogP contribution in [0, 0.1) is 0 Å². The molecule has 1 heterocycles. The van der Waals surface area contributed by atoms with Crippen molar-refractivity contribution in [2.75, 3.05) is 13.2 Å². The van der Waals surface area contributed by atoms with Gasteiger partial charge in [-0.25, -0.2) is 4.79 Å². The molecule has 1 aliphatic rings. The van der Waals surface area contributed by atoms with E-state index < -0.39 is 67.3 Å². The minimum Gasteiger partial charge on any atom is -0.479 e. The Balaban J connectivity index is 2.74. The van der Waals surface area contributed by atoms with Crippen LogP contribution in [0.2, 0.25) is 0 Å². The normalized spacial score (nSPS) is 18.9. The van der Waals surface area contributed by atoms with Gasteiger partial charge in [0.05, 0.1) is 6.61 Å². The number of aliphatic carboxylic acids is 1. The van der Waals surface area contributed by atoms with Crippen LogP contribution in [0.3, 0.4) is 0 Å². The summed E-state index contributed by atoms with van der Waals surface area (Å²) >= 11 is 0. The molecule has 1 fully saturated rings. The SMILES string of the molecule is CC/C=C\C/C=C\C/C=C\C/C=C\CCC(=O)OC1C(OCC(COC(=O)CCCCCCCC/C=C\C/C=C\C/C=C\CCCCC)OC(=O)CCCCCCC/C=C\C/C=C\C/C=C\CC)OC(C(=O)O)C(O)C1O. The van der Waals surface area contributed by atoms with Gasteiger partial charge >= 0.3 is 23.9 Å². The monoisotopic (exact) mass is 1070 g/mol. The van der Waals surface area contributed by atoms with Crippen LogP contribution >= 0.6 is 0 Å². The number of carbonyl (C=O) groups excluding carboxylic acids is 3. The number of carboxylic acids is 1. The van der Waals surface area contributed by atoms with Crippen LogP contribution in [0.1, 0.15) is 213 Å². The number of hydrogen-bond acceptors (Lipinski definition) is 11.